The first-order valence-electron chi connectivity index (χ1n) is 9.94. The second-order valence-electron chi connectivity index (χ2n) is 7.20. The van der Waals surface area contributed by atoms with E-state index in [1.54, 1.807) is 7.11 Å². The number of carbonyl (C=O) groups excluding carboxylic acids is 1. The van der Waals surface area contributed by atoms with Gasteiger partial charge in [0.2, 0.25) is 5.95 Å². The fraction of sp³-hybridized carbons (Fsp3) is 0.261. The van der Waals surface area contributed by atoms with Crippen molar-refractivity contribution in [3.05, 3.63) is 75.7 Å². The predicted molar refractivity (Wildman–Crippen MR) is 116 cm³/mol. The summed E-state index contributed by atoms with van der Waals surface area (Å²) in [6, 6.07) is 15.5. The van der Waals surface area contributed by atoms with Gasteiger partial charge in [-0.15, -0.1) is 0 Å². The van der Waals surface area contributed by atoms with Crippen molar-refractivity contribution in [1.29, 1.82) is 0 Å². The molecule has 0 aliphatic rings. The highest BCUT2D eigenvalue weighted by molar-refractivity contribution is 5.75. The van der Waals surface area contributed by atoms with E-state index in [9.17, 15) is 22.8 Å². The van der Waals surface area contributed by atoms with Gasteiger partial charge in [0.05, 0.1) is 12.8 Å². The van der Waals surface area contributed by atoms with Crippen LogP contribution in [0, 0.1) is 6.92 Å². The summed E-state index contributed by atoms with van der Waals surface area (Å²) in [5.41, 5.74) is 8.47. The van der Waals surface area contributed by atoms with Crippen molar-refractivity contribution in [3.8, 4) is 16.9 Å². The van der Waals surface area contributed by atoms with Gasteiger partial charge in [-0.25, -0.2) is 14.3 Å². The SMILES string of the molecule is COc1c(CCc2nc(N)n(COC(=O)C(F)(F)F)c(=O)c2C)cccc1-c1ccccc1. The number of benzene rings is 2. The van der Waals surface area contributed by atoms with E-state index >= 15 is 0 Å². The number of nitrogen functional groups attached to an aromatic ring is 1. The Kier molecular flexibility index (Phi) is 7.05. The Morgan fingerprint density at radius 2 is 1.79 bits per heavy atom. The van der Waals surface area contributed by atoms with E-state index in [4.69, 9.17) is 10.5 Å². The molecule has 7 nitrogen and oxygen atoms in total. The number of esters is 1. The molecule has 3 rings (SSSR count). The fourth-order valence-corrected chi connectivity index (χ4v) is 3.41. The highest BCUT2D eigenvalue weighted by Gasteiger charge is 2.41. The lowest BCUT2D eigenvalue weighted by Crippen LogP contribution is -2.32. The average Bonchev–Trinajstić information content (AvgIpc) is 2.79. The molecule has 0 saturated carbocycles. The third kappa shape index (κ3) is 5.33. The summed E-state index contributed by atoms with van der Waals surface area (Å²) in [6.45, 7) is 0.508. The number of alkyl halides is 3. The molecule has 0 atom stereocenters. The smallest absolute Gasteiger partial charge is 0.490 e. The van der Waals surface area contributed by atoms with Crippen LogP contribution in [0.3, 0.4) is 0 Å². The number of anilines is 1. The van der Waals surface area contributed by atoms with Gasteiger partial charge in [0.1, 0.15) is 5.75 Å². The molecule has 0 saturated heterocycles. The second-order valence-corrected chi connectivity index (χ2v) is 7.20. The van der Waals surface area contributed by atoms with Gasteiger partial charge in [-0.3, -0.25) is 4.79 Å². The third-order valence-electron chi connectivity index (χ3n) is 5.10. The van der Waals surface area contributed by atoms with Gasteiger partial charge in [0, 0.05) is 11.1 Å². The largest absolute Gasteiger partial charge is 0.496 e. The topological polar surface area (TPSA) is 96.4 Å². The van der Waals surface area contributed by atoms with Crippen molar-refractivity contribution in [2.75, 3.05) is 12.8 Å². The van der Waals surface area contributed by atoms with Crippen LogP contribution in [0.25, 0.3) is 11.1 Å². The van der Waals surface area contributed by atoms with Crippen LogP contribution in [-0.2, 0) is 29.1 Å². The maximum Gasteiger partial charge on any atom is 0.490 e. The average molecular weight is 461 g/mol. The van der Waals surface area contributed by atoms with Crippen LogP contribution in [0.4, 0.5) is 19.1 Å². The zero-order valence-electron chi connectivity index (χ0n) is 18.0. The summed E-state index contributed by atoms with van der Waals surface area (Å²) in [7, 11) is 1.58. The molecule has 10 heteroatoms. The lowest BCUT2D eigenvalue weighted by Gasteiger charge is -2.16. The van der Waals surface area contributed by atoms with Crippen molar-refractivity contribution < 1.29 is 27.4 Å². The van der Waals surface area contributed by atoms with Crippen LogP contribution in [0.1, 0.15) is 16.8 Å². The number of aryl methyl sites for hydroxylation is 2. The fourth-order valence-electron chi connectivity index (χ4n) is 3.41. The van der Waals surface area contributed by atoms with Gasteiger partial charge in [0.25, 0.3) is 5.56 Å². The van der Waals surface area contributed by atoms with Crippen LogP contribution in [0.2, 0.25) is 0 Å². The zero-order valence-corrected chi connectivity index (χ0v) is 18.0. The van der Waals surface area contributed by atoms with Gasteiger partial charge in [0.15, 0.2) is 6.73 Å². The van der Waals surface area contributed by atoms with Crippen LogP contribution in [0.5, 0.6) is 5.75 Å². The Morgan fingerprint density at radius 1 is 1.09 bits per heavy atom. The lowest BCUT2D eigenvalue weighted by atomic mass is 9.98. The van der Waals surface area contributed by atoms with E-state index in [1.165, 1.54) is 6.92 Å². The number of methoxy groups -OCH3 is 1. The molecule has 0 unspecified atom stereocenters. The molecule has 0 radical (unpaired) electrons. The van der Waals surface area contributed by atoms with Gasteiger partial charge in [-0.2, -0.15) is 13.2 Å². The molecule has 0 fully saturated rings. The van der Waals surface area contributed by atoms with Gasteiger partial charge >= 0.3 is 12.1 Å². The minimum absolute atomic E-state index is 0.199. The molecule has 0 bridgehead atoms. The van der Waals surface area contributed by atoms with E-state index in [-0.39, 0.29) is 11.5 Å². The number of nitrogens with zero attached hydrogens (tertiary/aromatic N) is 2. The number of halogens is 3. The molecule has 0 spiro atoms. The van der Waals surface area contributed by atoms with Crippen molar-refractivity contribution in [1.82, 2.24) is 9.55 Å². The van der Waals surface area contributed by atoms with Crippen molar-refractivity contribution in [2.45, 2.75) is 32.7 Å². The van der Waals surface area contributed by atoms with Crippen molar-refractivity contribution in [3.63, 3.8) is 0 Å². The second kappa shape index (κ2) is 9.76. The predicted octanol–water partition coefficient (Wildman–Crippen LogP) is 3.66. The Hall–Kier alpha value is -3.82. The summed E-state index contributed by atoms with van der Waals surface area (Å²) >= 11 is 0. The Labute approximate surface area is 187 Å². The van der Waals surface area contributed by atoms with E-state index in [0.717, 1.165) is 16.7 Å². The number of para-hydroxylation sites is 1. The quantitative estimate of drug-likeness (QED) is 0.540. The van der Waals surface area contributed by atoms with Crippen LogP contribution >= 0.6 is 0 Å². The Morgan fingerprint density at radius 3 is 2.42 bits per heavy atom. The number of nitrogens with two attached hydrogens (primary N) is 1. The third-order valence-corrected chi connectivity index (χ3v) is 5.10. The monoisotopic (exact) mass is 461 g/mol. The molecule has 33 heavy (non-hydrogen) atoms. The molecule has 0 amide bonds. The molecule has 0 aliphatic carbocycles. The number of aromatic nitrogens is 2. The number of ether oxygens (including phenoxy) is 2. The molecule has 2 aromatic carbocycles. The zero-order chi connectivity index (χ0) is 24.2. The summed E-state index contributed by atoms with van der Waals surface area (Å²) in [6.07, 6.45) is -4.36. The minimum Gasteiger partial charge on any atom is -0.496 e. The maximum atomic E-state index is 12.6. The van der Waals surface area contributed by atoms with Crippen LogP contribution < -0.4 is 16.0 Å². The number of hydrogen-bond acceptors (Lipinski definition) is 6. The van der Waals surface area contributed by atoms with E-state index in [2.05, 4.69) is 9.72 Å². The molecule has 1 aromatic heterocycles. The minimum atomic E-state index is -5.17. The molecule has 3 aromatic rings. The molecule has 0 aliphatic heterocycles. The normalized spacial score (nSPS) is 11.3. The standard InChI is InChI=1S/C23H22F3N3O4/c1-14-18(28-22(27)29(20(14)30)13-33-21(31)23(24,25)26)12-11-16-9-6-10-17(19(16)32-2)15-7-4-3-5-8-15/h3-10H,11-13H2,1-2H3,(H2,27,28). The van der Waals surface area contributed by atoms with Gasteiger partial charge < -0.3 is 15.2 Å². The summed E-state index contributed by atoms with van der Waals surface area (Å²) in [4.78, 5) is 27.7. The van der Waals surface area contributed by atoms with Gasteiger partial charge in [-0.05, 0) is 30.9 Å². The molecule has 2 N–H and O–H groups in total. The molecule has 174 valence electrons. The molecular formula is C23H22F3N3O4. The number of hydrogen-bond donors (Lipinski definition) is 1. The summed E-state index contributed by atoms with van der Waals surface area (Å²) in [5, 5.41) is 0. The number of rotatable bonds is 7. The summed E-state index contributed by atoms with van der Waals surface area (Å²) in [5.74, 6) is -2.07. The number of carbonyl (C=O) groups is 1. The highest BCUT2D eigenvalue weighted by atomic mass is 19.4. The van der Waals surface area contributed by atoms with Gasteiger partial charge in [-0.1, -0.05) is 48.5 Å². The maximum absolute atomic E-state index is 12.6. The first kappa shape index (κ1) is 23.8. The molecule has 1 heterocycles. The van der Waals surface area contributed by atoms with Crippen molar-refractivity contribution in [2.24, 2.45) is 0 Å². The van der Waals surface area contributed by atoms with Crippen LogP contribution in [0.15, 0.2) is 53.3 Å². The first-order chi connectivity index (χ1) is 15.6. The van der Waals surface area contributed by atoms with E-state index < -0.39 is 24.4 Å². The highest BCUT2D eigenvalue weighted by Crippen LogP contribution is 2.33. The lowest BCUT2D eigenvalue weighted by molar-refractivity contribution is -0.203. The Balaban J connectivity index is 1.83. The van der Waals surface area contributed by atoms with E-state index in [0.29, 0.717) is 28.9 Å². The first-order valence-corrected chi connectivity index (χ1v) is 9.94. The Bertz CT molecular complexity index is 1210. The van der Waals surface area contributed by atoms with E-state index in [1.807, 2.05) is 48.5 Å². The summed E-state index contributed by atoms with van der Waals surface area (Å²) < 4.78 is 47.5. The van der Waals surface area contributed by atoms with Crippen LogP contribution in [-0.4, -0.2) is 28.8 Å². The van der Waals surface area contributed by atoms with Crippen molar-refractivity contribution >= 4 is 11.9 Å². The molecular weight excluding hydrogens is 439 g/mol.